The average molecular weight is 283 g/mol. The summed E-state index contributed by atoms with van der Waals surface area (Å²) in [5.74, 6) is 1.89. The molecule has 0 aliphatic heterocycles. The first kappa shape index (κ1) is 15.6. The van der Waals surface area contributed by atoms with Crippen LogP contribution in [0.3, 0.4) is 0 Å². The molecular formula is C19H25NO. The van der Waals surface area contributed by atoms with E-state index in [1.165, 1.54) is 11.1 Å². The molecule has 0 fully saturated rings. The molecule has 0 aromatic heterocycles. The topological polar surface area (TPSA) is 21.3 Å². The van der Waals surface area contributed by atoms with Crippen LogP contribution in [0.15, 0.2) is 48.5 Å². The van der Waals surface area contributed by atoms with Gasteiger partial charge in [-0.2, -0.15) is 0 Å². The maximum Gasteiger partial charge on any atom is 0.132 e. The number of para-hydroxylation sites is 2. The summed E-state index contributed by atoms with van der Waals surface area (Å²) in [6.45, 7) is 7.53. The van der Waals surface area contributed by atoms with Crippen molar-refractivity contribution >= 4 is 0 Å². The van der Waals surface area contributed by atoms with Gasteiger partial charge in [0.1, 0.15) is 11.5 Å². The van der Waals surface area contributed by atoms with Gasteiger partial charge in [-0.15, -0.1) is 0 Å². The highest BCUT2D eigenvalue weighted by Crippen LogP contribution is 2.31. The molecule has 2 aromatic rings. The Morgan fingerprint density at radius 1 is 0.952 bits per heavy atom. The van der Waals surface area contributed by atoms with Crippen LogP contribution in [0.2, 0.25) is 0 Å². The van der Waals surface area contributed by atoms with Crippen LogP contribution in [0, 0.1) is 0 Å². The third kappa shape index (κ3) is 4.08. The van der Waals surface area contributed by atoms with Crippen LogP contribution in [0.5, 0.6) is 11.5 Å². The van der Waals surface area contributed by atoms with Gasteiger partial charge in [-0.05, 0) is 44.0 Å². The van der Waals surface area contributed by atoms with E-state index in [1.54, 1.807) is 0 Å². The lowest BCUT2D eigenvalue weighted by Gasteiger charge is -2.19. The standard InChI is InChI=1S/C19H25NO/c1-4-14-20-15(3)17-11-7-9-13-19(17)21-18-12-8-6-10-16(18)5-2/h6-13,15,20H,4-5,14H2,1-3H3. The lowest BCUT2D eigenvalue weighted by atomic mass is 10.1. The summed E-state index contributed by atoms with van der Waals surface area (Å²) in [4.78, 5) is 0. The fraction of sp³-hybridized carbons (Fsp3) is 0.368. The van der Waals surface area contributed by atoms with Crippen LogP contribution in [0.1, 0.15) is 44.4 Å². The first-order chi connectivity index (χ1) is 10.3. The molecule has 1 N–H and O–H groups in total. The molecule has 0 saturated carbocycles. The molecule has 0 bridgehead atoms. The van der Waals surface area contributed by atoms with Gasteiger partial charge < -0.3 is 10.1 Å². The highest BCUT2D eigenvalue weighted by atomic mass is 16.5. The summed E-state index contributed by atoms with van der Waals surface area (Å²) in [6.07, 6.45) is 2.11. The van der Waals surface area contributed by atoms with Gasteiger partial charge in [-0.3, -0.25) is 0 Å². The van der Waals surface area contributed by atoms with E-state index in [1.807, 2.05) is 24.3 Å². The van der Waals surface area contributed by atoms with Gasteiger partial charge in [0, 0.05) is 11.6 Å². The number of rotatable bonds is 7. The van der Waals surface area contributed by atoms with Crippen molar-refractivity contribution in [2.75, 3.05) is 6.54 Å². The number of benzene rings is 2. The maximum atomic E-state index is 6.19. The first-order valence-corrected chi connectivity index (χ1v) is 7.84. The van der Waals surface area contributed by atoms with Crippen LogP contribution in [-0.4, -0.2) is 6.54 Å². The summed E-state index contributed by atoms with van der Waals surface area (Å²) in [5.41, 5.74) is 2.44. The summed E-state index contributed by atoms with van der Waals surface area (Å²) in [6, 6.07) is 16.8. The second-order valence-corrected chi connectivity index (χ2v) is 5.28. The van der Waals surface area contributed by atoms with E-state index in [0.717, 1.165) is 30.9 Å². The molecular weight excluding hydrogens is 258 g/mol. The van der Waals surface area contributed by atoms with E-state index in [2.05, 4.69) is 50.4 Å². The number of aryl methyl sites for hydroxylation is 1. The van der Waals surface area contributed by atoms with Crippen molar-refractivity contribution < 1.29 is 4.74 Å². The van der Waals surface area contributed by atoms with Gasteiger partial charge in [-0.25, -0.2) is 0 Å². The predicted molar refractivity (Wildman–Crippen MR) is 89.0 cm³/mol. The van der Waals surface area contributed by atoms with Gasteiger partial charge in [0.25, 0.3) is 0 Å². The molecule has 0 saturated heterocycles. The zero-order valence-electron chi connectivity index (χ0n) is 13.2. The molecule has 2 nitrogen and oxygen atoms in total. The van der Waals surface area contributed by atoms with Gasteiger partial charge in [0.15, 0.2) is 0 Å². The second-order valence-electron chi connectivity index (χ2n) is 5.28. The molecule has 1 atom stereocenters. The maximum absolute atomic E-state index is 6.19. The zero-order chi connectivity index (χ0) is 15.1. The van der Waals surface area contributed by atoms with E-state index in [9.17, 15) is 0 Å². The third-order valence-corrected chi connectivity index (χ3v) is 3.66. The van der Waals surface area contributed by atoms with Gasteiger partial charge in [-0.1, -0.05) is 50.2 Å². The van der Waals surface area contributed by atoms with E-state index in [-0.39, 0.29) is 6.04 Å². The van der Waals surface area contributed by atoms with Gasteiger partial charge in [0.2, 0.25) is 0 Å². The van der Waals surface area contributed by atoms with E-state index in [4.69, 9.17) is 4.74 Å². The average Bonchev–Trinajstić information content (AvgIpc) is 2.53. The quantitative estimate of drug-likeness (QED) is 0.763. The molecule has 0 aliphatic rings. The van der Waals surface area contributed by atoms with Crippen molar-refractivity contribution in [2.45, 2.75) is 39.7 Å². The first-order valence-electron chi connectivity index (χ1n) is 7.84. The molecule has 112 valence electrons. The minimum absolute atomic E-state index is 0.287. The normalized spacial score (nSPS) is 12.1. The lowest BCUT2D eigenvalue weighted by molar-refractivity contribution is 0.456. The third-order valence-electron chi connectivity index (χ3n) is 3.66. The van der Waals surface area contributed by atoms with E-state index in [0.29, 0.717) is 0 Å². The lowest BCUT2D eigenvalue weighted by Crippen LogP contribution is -2.19. The summed E-state index contributed by atoms with van der Waals surface area (Å²) < 4.78 is 6.19. The SMILES string of the molecule is CCCNC(C)c1ccccc1Oc1ccccc1CC. The van der Waals surface area contributed by atoms with Crippen LogP contribution in [0.4, 0.5) is 0 Å². The predicted octanol–water partition coefficient (Wildman–Crippen LogP) is 5.10. The summed E-state index contributed by atoms with van der Waals surface area (Å²) in [7, 11) is 0. The largest absolute Gasteiger partial charge is 0.457 e. The zero-order valence-corrected chi connectivity index (χ0v) is 13.2. The van der Waals surface area contributed by atoms with Gasteiger partial charge >= 0.3 is 0 Å². The highest BCUT2D eigenvalue weighted by molar-refractivity contribution is 5.42. The number of nitrogens with one attached hydrogen (secondary N) is 1. The molecule has 0 aliphatic carbocycles. The molecule has 0 radical (unpaired) electrons. The molecule has 2 aromatic carbocycles. The number of hydrogen-bond donors (Lipinski definition) is 1. The highest BCUT2D eigenvalue weighted by Gasteiger charge is 2.12. The second kappa shape index (κ2) is 7.84. The molecule has 2 heteroatoms. The van der Waals surface area contributed by atoms with Crippen molar-refractivity contribution in [3.63, 3.8) is 0 Å². The number of hydrogen-bond acceptors (Lipinski definition) is 2. The summed E-state index contributed by atoms with van der Waals surface area (Å²) >= 11 is 0. The molecule has 0 amide bonds. The van der Waals surface area contributed by atoms with Crippen LogP contribution < -0.4 is 10.1 Å². The van der Waals surface area contributed by atoms with Crippen molar-refractivity contribution in [3.8, 4) is 11.5 Å². The molecule has 1 unspecified atom stereocenters. The Morgan fingerprint density at radius 3 is 2.33 bits per heavy atom. The monoisotopic (exact) mass is 283 g/mol. The minimum atomic E-state index is 0.287. The Hall–Kier alpha value is -1.80. The Bertz CT molecular complexity index is 565. The molecule has 2 rings (SSSR count). The van der Waals surface area contributed by atoms with E-state index >= 15 is 0 Å². The number of ether oxygens (including phenoxy) is 1. The Morgan fingerprint density at radius 2 is 1.62 bits per heavy atom. The fourth-order valence-corrected chi connectivity index (χ4v) is 2.42. The molecule has 0 spiro atoms. The Balaban J connectivity index is 2.24. The van der Waals surface area contributed by atoms with Crippen LogP contribution in [-0.2, 0) is 6.42 Å². The fourth-order valence-electron chi connectivity index (χ4n) is 2.42. The minimum Gasteiger partial charge on any atom is -0.457 e. The summed E-state index contributed by atoms with van der Waals surface area (Å²) in [5, 5.41) is 3.52. The molecule has 0 heterocycles. The van der Waals surface area contributed by atoms with E-state index < -0.39 is 0 Å². The van der Waals surface area contributed by atoms with Crippen molar-refractivity contribution in [1.82, 2.24) is 5.32 Å². The van der Waals surface area contributed by atoms with Crippen LogP contribution >= 0.6 is 0 Å². The Kier molecular flexibility index (Phi) is 5.82. The smallest absolute Gasteiger partial charge is 0.132 e. The Labute approximate surface area is 128 Å². The van der Waals surface area contributed by atoms with Gasteiger partial charge in [0.05, 0.1) is 0 Å². The molecule has 21 heavy (non-hydrogen) atoms. The van der Waals surface area contributed by atoms with Crippen molar-refractivity contribution in [3.05, 3.63) is 59.7 Å². The van der Waals surface area contributed by atoms with Crippen LogP contribution in [0.25, 0.3) is 0 Å². The van der Waals surface area contributed by atoms with Crippen molar-refractivity contribution in [1.29, 1.82) is 0 Å². The van der Waals surface area contributed by atoms with Crippen molar-refractivity contribution in [2.24, 2.45) is 0 Å².